The number of hydrogen-bond donors (Lipinski definition) is 1. The average molecular weight is 465 g/mol. The van der Waals surface area contributed by atoms with Gasteiger partial charge in [-0.25, -0.2) is 0 Å². The first-order valence-electron chi connectivity index (χ1n) is 5.58. The van der Waals surface area contributed by atoms with Crippen LogP contribution in [0.1, 0.15) is 5.56 Å². The molecular formula is C13H9Br3N2O2. The Morgan fingerprint density at radius 2 is 1.80 bits per heavy atom. The minimum absolute atomic E-state index is 0.0750. The largest absolute Gasteiger partial charge is 0.380 e. The number of halogens is 3. The van der Waals surface area contributed by atoms with Crippen molar-refractivity contribution >= 4 is 59.2 Å². The molecule has 2 aromatic rings. The topological polar surface area (TPSA) is 55.2 Å². The second-order valence-corrected chi connectivity index (χ2v) is 6.74. The van der Waals surface area contributed by atoms with Gasteiger partial charge >= 0.3 is 0 Å². The highest BCUT2D eigenvalue weighted by molar-refractivity contribution is 9.11. The summed E-state index contributed by atoms with van der Waals surface area (Å²) in [6.07, 6.45) is 0. The molecule has 0 radical (unpaired) electrons. The average Bonchev–Trinajstić information content (AvgIpc) is 2.37. The third kappa shape index (κ3) is 4.04. The first-order chi connectivity index (χ1) is 9.45. The van der Waals surface area contributed by atoms with Crippen LogP contribution >= 0.6 is 47.8 Å². The zero-order chi connectivity index (χ0) is 14.7. The van der Waals surface area contributed by atoms with Gasteiger partial charge in [0.25, 0.3) is 5.69 Å². The van der Waals surface area contributed by atoms with Gasteiger partial charge in [-0.05, 0) is 45.8 Å². The summed E-state index contributed by atoms with van der Waals surface area (Å²) in [5.41, 5.74) is 1.84. The van der Waals surface area contributed by atoms with Crippen LogP contribution in [0.25, 0.3) is 0 Å². The molecular weight excluding hydrogens is 456 g/mol. The maximum atomic E-state index is 10.8. The van der Waals surface area contributed by atoms with E-state index in [0.29, 0.717) is 11.0 Å². The Morgan fingerprint density at radius 1 is 1.05 bits per heavy atom. The first kappa shape index (κ1) is 15.5. The van der Waals surface area contributed by atoms with Crippen LogP contribution in [0.3, 0.4) is 0 Å². The molecule has 2 aromatic carbocycles. The fourth-order valence-corrected chi connectivity index (χ4v) is 3.39. The van der Waals surface area contributed by atoms with Crippen molar-refractivity contribution in [3.63, 3.8) is 0 Å². The van der Waals surface area contributed by atoms with Gasteiger partial charge in [0.15, 0.2) is 0 Å². The molecule has 4 nitrogen and oxygen atoms in total. The molecule has 1 N–H and O–H groups in total. The Balaban J connectivity index is 2.16. The number of nitro groups is 1. The second-order valence-electron chi connectivity index (χ2n) is 4.05. The van der Waals surface area contributed by atoms with E-state index in [4.69, 9.17) is 0 Å². The van der Waals surface area contributed by atoms with E-state index >= 15 is 0 Å². The van der Waals surface area contributed by atoms with Crippen LogP contribution in [0, 0.1) is 10.1 Å². The molecule has 0 atom stereocenters. The molecule has 0 fully saturated rings. The maximum Gasteiger partial charge on any atom is 0.270 e. The second kappa shape index (κ2) is 6.69. The highest BCUT2D eigenvalue weighted by Gasteiger charge is 2.09. The highest BCUT2D eigenvalue weighted by Crippen LogP contribution is 2.27. The monoisotopic (exact) mass is 462 g/mol. The summed E-state index contributed by atoms with van der Waals surface area (Å²) in [4.78, 5) is 10.4. The van der Waals surface area contributed by atoms with Crippen LogP contribution in [-0.4, -0.2) is 4.92 Å². The van der Waals surface area contributed by atoms with Crippen molar-refractivity contribution in [1.29, 1.82) is 0 Å². The van der Waals surface area contributed by atoms with Crippen molar-refractivity contribution in [2.75, 3.05) is 5.32 Å². The van der Waals surface area contributed by atoms with Gasteiger partial charge in [0.1, 0.15) is 0 Å². The van der Waals surface area contributed by atoms with Gasteiger partial charge in [0.05, 0.1) is 4.92 Å². The zero-order valence-electron chi connectivity index (χ0n) is 10.1. The van der Waals surface area contributed by atoms with Crippen molar-refractivity contribution in [3.05, 3.63) is 65.5 Å². The van der Waals surface area contributed by atoms with Crippen LogP contribution in [0.2, 0.25) is 0 Å². The molecule has 0 saturated heterocycles. The number of non-ortho nitro benzene ring substituents is 1. The third-order valence-electron chi connectivity index (χ3n) is 2.57. The van der Waals surface area contributed by atoms with Gasteiger partial charge in [0.2, 0.25) is 0 Å². The Bertz CT molecular complexity index is 662. The fraction of sp³-hybridized carbons (Fsp3) is 0.0769. The summed E-state index contributed by atoms with van der Waals surface area (Å²) in [5, 5.41) is 14.1. The summed E-state index contributed by atoms with van der Waals surface area (Å²) in [5.74, 6) is 0. The molecule has 0 aliphatic heterocycles. The lowest BCUT2D eigenvalue weighted by molar-refractivity contribution is -0.385. The molecule has 0 spiro atoms. The quantitative estimate of drug-likeness (QED) is 0.480. The Hall–Kier alpha value is -0.920. The van der Waals surface area contributed by atoms with E-state index in [2.05, 4.69) is 53.1 Å². The Kier molecular flexibility index (Phi) is 5.17. The van der Waals surface area contributed by atoms with Crippen LogP contribution in [-0.2, 0) is 6.54 Å². The Labute approximate surface area is 141 Å². The normalized spacial score (nSPS) is 10.3. The molecule has 0 aliphatic rings. The first-order valence-corrected chi connectivity index (χ1v) is 7.96. The number of nitrogens with one attached hydrogen (secondary N) is 1. The molecule has 0 heterocycles. The van der Waals surface area contributed by atoms with E-state index in [1.54, 1.807) is 6.07 Å². The highest BCUT2D eigenvalue weighted by atomic mass is 79.9. The molecule has 7 heteroatoms. The van der Waals surface area contributed by atoms with Gasteiger partial charge in [-0.3, -0.25) is 10.1 Å². The van der Waals surface area contributed by atoms with Crippen molar-refractivity contribution in [1.82, 2.24) is 0 Å². The fourth-order valence-electron chi connectivity index (χ4n) is 1.67. The van der Waals surface area contributed by atoms with Crippen molar-refractivity contribution in [2.24, 2.45) is 0 Å². The number of anilines is 1. The van der Waals surface area contributed by atoms with Crippen molar-refractivity contribution in [3.8, 4) is 0 Å². The van der Waals surface area contributed by atoms with Crippen molar-refractivity contribution < 1.29 is 4.92 Å². The Morgan fingerprint density at radius 3 is 2.45 bits per heavy atom. The van der Waals surface area contributed by atoms with E-state index in [1.165, 1.54) is 6.07 Å². The van der Waals surface area contributed by atoms with Gasteiger partial charge in [-0.1, -0.05) is 31.9 Å². The zero-order valence-corrected chi connectivity index (χ0v) is 14.8. The van der Waals surface area contributed by atoms with E-state index in [0.717, 1.165) is 20.2 Å². The molecule has 0 unspecified atom stereocenters. The maximum absolute atomic E-state index is 10.8. The summed E-state index contributed by atoms with van der Waals surface area (Å²) >= 11 is 10.1. The number of hydrogen-bond acceptors (Lipinski definition) is 3. The van der Waals surface area contributed by atoms with E-state index in [9.17, 15) is 10.1 Å². The lowest BCUT2D eigenvalue weighted by Gasteiger charge is -2.09. The number of rotatable bonds is 4. The SMILES string of the molecule is O=[N+]([O-])c1cc(Br)cc(CNc2ccc(Br)cc2Br)c1. The van der Waals surface area contributed by atoms with Gasteiger partial charge < -0.3 is 5.32 Å². The van der Waals surface area contributed by atoms with Crippen LogP contribution in [0.5, 0.6) is 0 Å². The summed E-state index contributed by atoms with van der Waals surface area (Å²) < 4.78 is 2.60. The lowest BCUT2D eigenvalue weighted by Crippen LogP contribution is -2.01. The van der Waals surface area contributed by atoms with E-state index in [-0.39, 0.29) is 5.69 Å². The predicted octanol–water partition coefficient (Wildman–Crippen LogP) is 5.49. The molecule has 0 aliphatic carbocycles. The molecule has 20 heavy (non-hydrogen) atoms. The van der Waals surface area contributed by atoms with Crippen LogP contribution in [0.4, 0.5) is 11.4 Å². The molecule has 2 rings (SSSR count). The number of nitro benzene ring substituents is 1. The predicted molar refractivity (Wildman–Crippen MR) is 90.0 cm³/mol. The summed E-state index contributed by atoms with van der Waals surface area (Å²) in [6.45, 7) is 0.501. The standard InChI is InChI=1S/C13H9Br3N2O2/c14-9-1-2-13(12(16)6-9)17-7-8-3-10(15)5-11(4-8)18(19)20/h1-6,17H,7H2. The van der Waals surface area contributed by atoms with Gasteiger partial charge in [-0.2, -0.15) is 0 Å². The molecule has 104 valence electrons. The lowest BCUT2D eigenvalue weighted by atomic mass is 10.2. The number of benzene rings is 2. The minimum atomic E-state index is -0.399. The third-order valence-corrected chi connectivity index (χ3v) is 4.17. The van der Waals surface area contributed by atoms with Gasteiger partial charge in [-0.15, -0.1) is 0 Å². The van der Waals surface area contributed by atoms with Crippen molar-refractivity contribution in [2.45, 2.75) is 6.54 Å². The molecule has 0 bridgehead atoms. The summed E-state index contributed by atoms with van der Waals surface area (Å²) in [7, 11) is 0. The van der Waals surface area contributed by atoms with Gasteiger partial charge in [0, 0.05) is 37.8 Å². The molecule has 0 amide bonds. The van der Waals surface area contributed by atoms with Crippen LogP contribution in [0.15, 0.2) is 49.8 Å². The van der Waals surface area contributed by atoms with E-state index in [1.807, 2.05) is 24.3 Å². The van der Waals surface area contributed by atoms with Crippen LogP contribution < -0.4 is 5.32 Å². The minimum Gasteiger partial charge on any atom is -0.380 e. The summed E-state index contributed by atoms with van der Waals surface area (Å²) in [6, 6.07) is 10.7. The number of nitrogens with zero attached hydrogens (tertiary/aromatic N) is 1. The smallest absolute Gasteiger partial charge is 0.270 e. The molecule has 0 aromatic heterocycles. The van der Waals surface area contributed by atoms with E-state index < -0.39 is 4.92 Å². The molecule has 0 saturated carbocycles.